The van der Waals surface area contributed by atoms with Gasteiger partial charge < -0.3 is 26.4 Å². The lowest BCUT2D eigenvalue weighted by Gasteiger charge is -2.30. The Hall–Kier alpha value is -2.43. The van der Waals surface area contributed by atoms with Crippen molar-refractivity contribution in [3.8, 4) is 0 Å². The Morgan fingerprint density at radius 3 is 2.21 bits per heavy atom. The Morgan fingerprint density at radius 2 is 1.55 bits per heavy atom. The molecule has 0 aromatic heterocycles. The van der Waals surface area contributed by atoms with E-state index in [2.05, 4.69) is 55.9 Å². The molecule has 152 valence electrons. The highest BCUT2D eigenvalue weighted by Crippen LogP contribution is 2.23. The third-order valence-electron chi connectivity index (χ3n) is 5.00. The Balaban J connectivity index is 0.00000300. The van der Waals surface area contributed by atoms with E-state index in [4.69, 9.17) is 0 Å². The maximum Gasteiger partial charge on any atom is 0.194 e. The van der Waals surface area contributed by atoms with Gasteiger partial charge in [-0.05, 0) is 29.0 Å². The predicted molar refractivity (Wildman–Crippen MR) is 119 cm³/mol. The zero-order chi connectivity index (χ0) is 20.3. The van der Waals surface area contributed by atoms with Crippen LogP contribution in [0.2, 0.25) is 0 Å². The van der Waals surface area contributed by atoms with Crippen molar-refractivity contribution < 1.29 is 26.3 Å². The summed E-state index contributed by atoms with van der Waals surface area (Å²) in [5.41, 5.74) is 3.76. The number of benzene rings is 3. The first-order valence-corrected chi connectivity index (χ1v) is 9.55. The summed E-state index contributed by atoms with van der Waals surface area (Å²) < 4.78 is 0.689. The number of halogens is 1. The number of rotatable bonds is 7. The van der Waals surface area contributed by atoms with Crippen LogP contribution in [0.25, 0.3) is 10.8 Å². The maximum atomic E-state index is 13.0. The third-order valence-corrected chi connectivity index (χ3v) is 5.00. The number of ketones is 1. The first-order chi connectivity index (χ1) is 13.2. The largest absolute Gasteiger partial charge is 1.00 e. The van der Waals surface area contributed by atoms with E-state index in [0.29, 0.717) is 22.2 Å². The molecule has 0 atom stereocenters. The van der Waals surface area contributed by atoms with Crippen molar-refractivity contribution in [2.75, 3.05) is 39.6 Å². The van der Waals surface area contributed by atoms with E-state index in [1.165, 1.54) is 5.56 Å². The van der Waals surface area contributed by atoms with E-state index in [0.717, 1.165) is 23.0 Å². The summed E-state index contributed by atoms with van der Waals surface area (Å²) in [5, 5.41) is 2.20. The van der Waals surface area contributed by atoms with Gasteiger partial charge in [0, 0.05) is 36.5 Å². The number of hydrogen-bond donors (Lipinski definition) is 0. The lowest BCUT2D eigenvalue weighted by molar-refractivity contribution is -0.898. The summed E-state index contributed by atoms with van der Waals surface area (Å²) in [6.07, 6.45) is 0. The first-order valence-electron chi connectivity index (χ1n) is 9.55. The van der Waals surface area contributed by atoms with Crippen LogP contribution in [-0.2, 0) is 6.54 Å². The summed E-state index contributed by atoms with van der Waals surface area (Å²) in [6, 6.07) is 22.5. The smallest absolute Gasteiger partial charge is 0.194 e. The molecule has 3 aromatic carbocycles. The summed E-state index contributed by atoms with van der Waals surface area (Å²) in [5.74, 6) is 0.0258. The summed E-state index contributed by atoms with van der Waals surface area (Å²) >= 11 is 0. The molecule has 29 heavy (non-hydrogen) atoms. The second kappa shape index (κ2) is 9.38. The van der Waals surface area contributed by atoms with Gasteiger partial charge in [-0.3, -0.25) is 4.79 Å². The van der Waals surface area contributed by atoms with Crippen LogP contribution < -0.4 is 21.9 Å². The van der Waals surface area contributed by atoms with Crippen molar-refractivity contribution in [3.63, 3.8) is 0 Å². The van der Waals surface area contributed by atoms with Crippen molar-refractivity contribution >= 4 is 22.2 Å². The van der Waals surface area contributed by atoms with Crippen molar-refractivity contribution in [2.24, 2.45) is 0 Å². The highest BCUT2D eigenvalue weighted by Gasteiger charge is 2.22. The van der Waals surface area contributed by atoms with Crippen LogP contribution in [0.3, 0.4) is 0 Å². The number of carbonyl (C=O) groups is 1. The molecule has 0 aliphatic rings. The van der Waals surface area contributed by atoms with Crippen molar-refractivity contribution in [2.45, 2.75) is 6.54 Å². The standard InChI is InChI=1S/C25H29N2O.BrH/c1-19(17-27(4,5)18-20-9-7-6-8-10-20)25(28)23-12-11-22-16-24(26(2)3)14-13-21(22)15-23;/h6-16H,1,17-18H2,2-5H3;1H/q+1;/p-1. The Morgan fingerprint density at radius 1 is 0.931 bits per heavy atom. The third kappa shape index (κ3) is 5.78. The monoisotopic (exact) mass is 452 g/mol. The SMILES string of the molecule is C=C(C[N+](C)(C)Cc1ccccc1)C(=O)c1ccc2cc(N(C)C)ccc2c1.[Br-]. The summed E-state index contributed by atoms with van der Waals surface area (Å²) in [6.45, 7) is 5.58. The lowest BCUT2D eigenvalue weighted by Crippen LogP contribution is -3.00. The highest BCUT2D eigenvalue weighted by molar-refractivity contribution is 6.10. The minimum absolute atomic E-state index is 0. The number of carbonyl (C=O) groups excluding carboxylic acids is 1. The number of fused-ring (bicyclic) bond motifs is 1. The van der Waals surface area contributed by atoms with Gasteiger partial charge in [-0.25, -0.2) is 0 Å². The Bertz CT molecular complexity index is 1010. The number of Topliss-reactive ketones (excluding diaryl/α,β-unsaturated/α-hetero) is 1. The quantitative estimate of drug-likeness (QED) is 0.310. The molecule has 0 N–H and O–H groups in total. The fourth-order valence-corrected chi connectivity index (χ4v) is 3.58. The molecular formula is C25H29BrN2O. The van der Waals surface area contributed by atoms with Gasteiger partial charge in [-0.2, -0.15) is 0 Å². The Labute approximate surface area is 184 Å². The molecule has 3 aromatic rings. The van der Waals surface area contributed by atoms with Crippen LogP contribution in [0.4, 0.5) is 5.69 Å². The van der Waals surface area contributed by atoms with Gasteiger partial charge in [0.25, 0.3) is 0 Å². The van der Waals surface area contributed by atoms with Gasteiger partial charge >= 0.3 is 0 Å². The zero-order valence-corrected chi connectivity index (χ0v) is 19.2. The molecular weight excluding hydrogens is 424 g/mol. The second-order valence-electron chi connectivity index (χ2n) is 8.31. The normalized spacial score (nSPS) is 11.0. The fourth-order valence-electron chi connectivity index (χ4n) is 3.58. The van der Waals surface area contributed by atoms with Gasteiger partial charge in [0.1, 0.15) is 13.1 Å². The van der Waals surface area contributed by atoms with Gasteiger partial charge in [0.2, 0.25) is 0 Å². The molecule has 0 amide bonds. The highest BCUT2D eigenvalue weighted by atomic mass is 79.9. The molecule has 3 rings (SSSR count). The number of quaternary nitrogens is 1. The molecule has 0 saturated carbocycles. The van der Waals surface area contributed by atoms with Crippen molar-refractivity contribution in [1.82, 2.24) is 0 Å². The summed E-state index contributed by atoms with van der Waals surface area (Å²) in [7, 11) is 8.32. The number of likely N-dealkylation sites (N-methyl/N-ethyl adjacent to an activating group) is 1. The Kier molecular flexibility index (Phi) is 7.39. The van der Waals surface area contributed by atoms with E-state index in [1.54, 1.807) is 0 Å². The zero-order valence-electron chi connectivity index (χ0n) is 17.7. The van der Waals surface area contributed by atoms with E-state index < -0.39 is 0 Å². The average Bonchev–Trinajstić information content (AvgIpc) is 2.66. The summed E-state index contributed by atoms with van der Waals surface area (Å²) in [4.78, 5) is 15.1. The second-order valence-corrected chi connectivity index (χ2v) is 8.31. The van der Waals surface area contributed by atoms with Gasteiger partial charge in [-0.1, -0.05) is 55.1 Å². The molecule has 0 heterocycles. The topological polar surface area (TPSA) is 20.3 Å². The molecule has 0 spiro atoms. The number of anilines is 1. The van der Waals surface area contributed by atoms with E-state index in [-0.39, 0.29) is 22.8 Å². The lowest BCUT2D eigenvalue weighted by atomic mass is 9.99. The van der Waals surface area contributed by atoms with Gasteiger partial charge in [0.05, 0.1) is 14.1 Å². The van der Waals surface area contributed by atoms with Crippen molar-refractivity contribution in [1.29, 1.82) is 0 Å². The van der Waals surface area contributed by atoms with E-state index >= 15 is 0 Å². The molecule has 0 aliphatic heterocycles. The minimum Gasteiger partial charge on any atom is -1.00 e. The van der Waals surface area contributed by atoms with Crippen LogP contribution in [0.15, 0.2) is 78.9 Å². The fraction of sp³-hybridized carbons (Fsp3) is 0.240. The van der Waals surface area contributed by atoms with Gasteiger partial charge in [-0.15, -0.1) is 0 Å². The molecule has 0 fully saturated rings. The predicted octanol–water partition coefficient (Wildman–Crippen LogP) is 1.93. The molecule has 0 unspecified atom stereocenters. The molecule has 0 aliphatic carbocycles. The molecule has 4 heteroatoms. The molecule has 0 bridgehead atoms. The number of hydrogen-bond acceptors (Lipinski definition) is 2. The van der Waals surface area contributed by atoms with E-state index in [1.807, 2.05) is 50.5 Å². The van der Waals surface area contributed by atoms with E-state index in [9.17, 15) is 4.79 Å². The molecule has 3 nitrogen and oxygen atoms in total. The average molecular weight is 453 g/mol. The number of nitrogens with zero attached hydrogens (tertiary/aromatic N) is 2. The van der Waals surface area contributed by atoms with Crippen LogP contribution in [0.5, 0.6) is 0 Å². The minimum atomic E-state index is 0. The maximum absolute atomic E-state index is 13.0. The van der Waals surface area contributed by atoms with Crippen LogP contribution in [0, 0.1) is 0 Å². The van der Waals surface area contributed by atoms with Gasteiger partial charge in [0.15, 0.2) is 5.78 Å². The van der Waals surface area contributed by atoms with Crippen molar-refractivity contribution in [3.05, 3.63) is 90.0 Å². The van der Waals surface area contributed by atoms with Crippen LogP contribution >= 0.6 is 0 Å². The van der Waals surface area contributed by atoms with Crippen LogP contribution in [-0.4, -0.2) is 45.0 Å². The molecule has 0 saturated heterocycles. The molecule has 0 radical (unpaired) electrons. The van der Waals surface area contributed by atoms with Crippen LogP contribution in [0.1, 0.15) is 15.9 Å². The first kappa shape index (κ1) is 22.9.